The van der Waals surface area contributed by atoms with Crippen LogP contribution in [0.4, 0.5) is 18.9 Å². The number of anilines is 1. The molecule has 2 rings (SSSR count). The van der Waals surface area contributed by atoms with Crippen LogP contribution in [0.2, 0.25) is 0 Å². The van der Waals surface area contributed by atoms with Crippen molar-refractivity contribution in [3.63, 3.8) is 0 Å². The maximum absolute atomic E-state index is 12.6. The lowest BCUT2D eigenvalue weighted by Crippen LogP contribution is -2.30. The van der Waals surface area contributed by atoms with Crippen LogP contribution in [0, 0.1) is 6.92 Å². The third kappa shape index (κ3) is 5.82. The summed E-state index contributed by atoms with van der Waals surface area (Å²) in [5, 5.41) is 2.50. The lowest BCUT2D eigenvalue weighted by Gasteiger charge is -2.17. The van der Waals surface area contributed by atoms with Crippen LogP contribution >= 0.6 is 0 Å². The number of ether oxygens (including phenoxy) is 1. The number of alkyl halides is 3. The summed E-state index contributed by atoms with van der Waals surface area (Å²) in [5.41, 5.74) is -0.279. The van der Waals surface area contributed by atoms with Crippen LogP contribution in [-0.4, -0.2) is 44.8 Å². The molecule has 0 aromatic heterocycles. The van der Waals surface area contributed by atoms with Crippen molar-refractivity contribution in [2.75, 3.05) is 19.4 Å². The second-order valence-corrected chi connectivity index (χ2v) is 9.03. The Labute approximate surface area is 177 Å². The fourth-order valence-electron chi connectivity index (χ4n) is 2.42. The summed E-state index contributed by atoms with van der Waals surface area (Å²) in [6.07, 6.45) is -5.83. The molecule has 0 aliphatic carbocycles. The van der Waals surface area contributed by atoms with Gasteiger partial charge in [-0.15, -0.1) is 0 Å². The van der Waals surface area contributed by atoms with Gasteiger partial charge in [0, 0.05) is 19.8 Å². The van der Waals surface area contributed by atoms with E-state index in [4.69, 9.17) is 4.74 Å². The highest BCUT2D eigenvalue weighted by atomic mass is 32.2. The summed E-state index contributed by atoms with van der Waals surface area (Å²) >= 11 is 0. The van der Waals surface area contributed by atoms with Crippen molar-refractivity contribution < 1.29 is 35.9 Å². The van der Waals surface area contributed by atoms with E-state index in [0.29, 0.717) is 5.56 Å². The van der Waals surface area contributed by atoms with Crippen molar-refractivity contribution in [1.82, 2.24) is 4.31 Å². The van der Waals surface area contributed by atoms with Gasteiger partial charge in [-0.05, 0) is 55.8 Å². The Morgan fingerprint density at radius 3 is 2.16 bits per heavy atom. The van der Waals surface area contributed by atoms with E-state index in [1.165, 1.54) is 39.2 Å². The minimum Gasteiger partial charge on any atom is -0.449 e. The number of rotatable bonds is 6. The van der Waals surface area contributed by atoms with Crippen LogP contribution in [0.15, 0.2) is 47.4 Å². The van der Waals surface area contributed by atoms with E-state index in [0.717, 1.165) is 28.6 Å². The fourth-order valence-corrected chi connectivity index (χ4v) is 3.35. The molecule has 0 saturated carbocycles. The number of aryl methyl sites for hydroxylation is 1. The van der Waals surface area contributed by atoms with Gasteiger partial charge in [0.2, 0.25) is 10.0 Å². The van der Waals surface area contributed by atoms with Crippen LogP contribution in [-0.2, 0) is 25.7 Å². The summed E-state index contributed by atoms with van der Waals surface area (Å²) in [4.78, 5) is 24.5. The molecular formula is C20H21F3N2O5S. The van der Waals surface area contributed by atoms with Crippen molar-refractivity contribution >= 4 is 27.6 Å². The second-order valence-electron chi connectivity index (χ2n) is 6.88. The predicted molar refractivity (Wildman–Crippen MR) is 107 cm³/mol. The van der Waals surface area contributed by atoms with Gasteiger partial charge in [0.15, 0.2) is 6.10 Å². The molecule has 0 spiro atoms. The van der Waals surface area contributed by atoms with Gasteiger partial charge >= 0.3 is 12.1 Å². The van der Waals surface area contributed by atoms with Gasteiger partial charge in [-0.3, -0.25) is 4.79 Å². The molecule has 11 heteroatoms. The van der Waals surface area contributed by atoms with Gasteiger partial charge in [-0.2, -0.15) is 13.2 Å². The standard InChI is InChI=1S/C20H21F3N2O5S/c1-12-5-10-16(31(28,29)25(3)4)11-17(12)24-18(26)13(2)30-19(27)14-6-8-15(9-7-14)20(21,22)23/h5-11,13H,1-4H3,(H,24,26). The molecule has 0 aliphatic rings. The van der Waals surface area contributed by atoms with Crippen LogP contribution < -0.4 is 5.32 Å². The summed E-state index contributed by atoms with van der Waals surface area (Å²) in [5.74, 6) is -1.71. The molecule has 7 nitrogen and oxygen atoms in total. The average Bonchev–Trinajstić information content (AvgIpc) is 2.68. The number of nitrogens with one attached hydrogen (secondary N) is 1. The Bertz CT molecular complexity index is 1080. The monoisotopic (exact) mass is 458 g/mol. The van der Waals surface area contributed by atoms with Crippen LogP contribution in [0.3, 0.4) is 0 Å². The van der Waals surface area contributed by atoms with E-state index in [2.05, 4.69) is 5.32 Å². The molecule has 1 amide bonds. The summed E-state index contributed by atoms with van der Waals surface area (Å²) in [6, 6.07) is 7.58. The molecule has 31 heavy (non-hydrogen) atoms. The van der Waals surface area contributed by atoms with Crippen molar-refractivity contribution in [2.24, 2.45) is 0 Å². The first-order valence-electron chi connectivity index (χ1n) is 8.95. The molecule has 0 fully saturated rings. The molecule has 0 radical (unpaired) electrons. The molecule has 168 valence electrons. The maximum atomic E-state index is 12.6. The molecule has 0 bridgehead atoms. The number of amides is 1. The van der Waals surface area contributed by atoms with Crippen LogP contribution in [0.5, 0.6) is 0 Å². The smallest absolute Gasteiger partial charge is 0.416 e. The quantitative estimate of drug-likeness (QED) is 0.670. The van der Waals surface area contributed by atoms with Gasteiger partial charge in [0.05, 0.1) is 16.0 Å². The normalized spacial score (nSPS) is 13.0. The average molecular weight is 458 g/mol. The number of sulfonamides is 1. The van der Waals surface area contributed by atoms with E-state index < -0.39 is 39.7 Å². The van der Waals surface area contributed by atoms with Gasteiger partial charge < -0.3 is 10.1 Å². The number of halogens is 3. The second kappa shape index (κ2) is 9.06. The van der Waals surface area contributed by atoms with E-state index in [1.54, 1.807) is 6.92 Å². The van der Waals surface area contributed by atoms with Gasteiger partial charge in [-0.1, -0.05) is 6.07 Å². The predicted octanol–water partition coefficient (Wildman–Crippen LogP) is 3.45. The first kappa shape index (κ1) is 24.4. The molecule has 0 heterocycles. The zero-order chi connectivity index (χ0) is 23.6. The highest BCUT2D eigenvalue weighted by Gasteiger charge is 2.30. The molecule has 2 aromatic carbocycles. The third-order valence-corrected chi connectivity index (χ3v) is 6.16. The summed E-state index contributed by atoms with van der Waals surface area (Å²) < 4.78 is 68.4. The van der Waals surface area contributed by atoms with Gasteiger partial charge in [0.1, 0.15) is 0 Å². The highest BCUT2D eigenvalue weighted by Crippen LogP contribution is 2.29. The molecule has 2 aromatic rings. The number of carbonyl (C=O) groups is 2. The van der Waals surface area contributed by atoms with E-state index in [-0.39, 0.29) is 16.1 Å². The Morgan fingerprint density at radius 1 is 1.06 bits per heavy atom. The van der Waals surface area contributed by atoms with Crippen LogP contribution in [0.1, 0.15) is 28.4 Å². The summed E-state index contributed by atoms with van der Waals surface area (Å²) in [7, 11) is -0.982. The van der Waals surface area contributed by atoms with Gasteiger partial charge in [-0.25, -0.2) is 17.5 Å². The van der Waals surface area contributed by atoms with Crippen molar-refractivity contribution in [3.8, 4) is 0 Å². The first-order valence-corrected chi connectivity index (χ1v) is 10.4. The zero-order valence-electron chi connectivity index (χ0n) is 17.1. The van der Waals surface area contributed by atoms with E-state index in [1.807, 2.05) is 0 Å². The molecule has 1 N–H and O–H groups in total. The Hall–Kier alpha value is -2.92. The number of carbonyl (C=O) groups excluding carboxylic acids is 2. The Kier molecular flexibility index (Phi) is 7.12. The van der Waals surface area contributed by atoms with Gasteiger partial charge in [0.25, 0.3) is 5.91 Å². The van der Waals surface area contributed by atoms with Crippen molar-refractivity contribution in [1.29, 1.82) is 0 Å². The lowest BCUT2D eigenvalue weighted by atomic mass is 10.1. The fraction of sp³-hybridized carbons (Fsp3) is 0.300. The zero-order valence-corrected chi connectivity index (χ0v) is 18.0. The summed E-state index contributed by atoms with van der Waals surface area (Å²) in [6.45, 7) is 2.94. The van der Waals surface area contributed by atoms with Crippen molar-refractivity contribution in [2.45, 2.75) is 31.0 Å². The minimum atomic E-state index is -4.54. The number of hydrogen-bond acceptors (Lipinski definition) is 5. The van der Waals surface area contributed by atoms with Crippen molar-refractivity contribution in [3.05, 3.63) is 59.2 Å². The number of benzene rings is 2. The van der Waals surface area contributed by atoms with Crippen LogP contribution in [0.25, 0.3) is 0 Å². The molecule has 0 saturated heterocycles. The molecular weight excluding hydrogens is 437 g/mol. The Balaban J connectivity index is 2.11. The maximum Gasteiger partial charge on any atom is 0.416 e. The molecule has 0 aliphatic heterocycles. The lowest BCUT2D eigenvalue weighted by molar-refractivity contribution is -0.137. The van der Waals surface area contributed by atoms with E-state index >= 15 is 0 Å². The largest absolute Gasteiger partial charge is 0.449 e. The third-order valence-electron chi connectivity index (χ3n) is 4.35. The topological polar surface area (TPSA) is 92.8 Å². The Morgan fingerprint density at radius 2 is 1.65 bits per heavy atom. The highest BCUT2D eigenvalue weighted by molar-refractivity contribution is 7.89. The first-order chi connectivity index (χ1) is 14.2. The number of hydrogen-bond donors (Lipinski definition) is 1. The SMILES string of the molecule is Cc1ccc(S(=O)(=O)N(C)C)cc1NC(=O)C(C)OC(=O)c1ccc(C(F)(F)F)cc1. The number of esters is 1. The molecule has 1 unspecified atom stereocenters. The van der Waals surface area contributed by atoms with E-state index in [9.17, 15) is 31.2 Å². The number of nitrogens with zero attached hydrogens (tertiary/aromatic N) is 1. The molecule has 1 atom stereocenters. The minimum absolute atomic E-state index is 0.0344.